The smallest absolute Gasteiger partial charge is 0.320 e. The summed E-state index contributed by atoms with van der Waals surface area (Å²) in [4.78, 5) is 30.2. The molecule has 0 aromatic heterocycles. The van der Waals surface area contributed by atoms with Crippen molar-refractivity contribution in [3.05, 3.63) is 12.7 Å². The standard InChI is InChI=1S/C15H26N4O3/c1-3-4-16-14(20)13(2)17-5-7-18(8-6-17)15(21)19-9-11-22-12-10-19/h3,13H,1,4-12H2,2H3,(H,16,20)/t13-/m0/s1. The lowest BCUT2D eigenvalue weighted by atomic mass is 10.2. The van der Waals surface area contributed by atoms with E-state index in [0.717, 1.165) is 13.1 Å². The van der Waals surface area contributed by atoms with Crippen molar-refractivity contribution >= 4 is 11.9 Å². The van der Waals surface area contributed by atoms with Crippen LogP contribution >= 0.6 is 0 Å². The van der Waals surface area contributed by atoms with Gasteiger partial charge >= 0.3 is 6.03 Å². The molecule has 0 bridgehead atoms. The van der Waals surface area contributed by atoms with Crippen LogP contribution in [-0.4, -0.2) is 91.7 Å². The van der Waals surface area contributed by atoms with Crippen molar-refractivity contribution in [3.8, 4) is 0 Å². The molecule has 0 unspecified atom stereocenters. The van der Waals surface area contributed by atoms with E-state index >= 15 is 0 Å². The minimum Gasteiger partial charge on any atom is -0.378 e. The van der Waals surface area contributed by atoms with Crippen LogP contribution in [0.5, 0.6) is 0 Å². The Morgan fingerprint density at radius 1 is 1.14 bits per heavy atom. The number of carbonyl (C=O) groups excluding carboxylic acids is 2. The van der Waals surface area contributed by atoms with Gasteiger partial charge in [-0.25, -0.2) is 4.79 Å². The van der Waals surface area contributed by atoms with Crippen LogP contribution in [0.15, 0.2) is 12.7 Å². The van der Waals surface area contributed by atoms with Gasteiger partial charge in [0.1, 0.15) is 0 Å². The number of nitrogens with zero attached hydrogens (tertiary/aromatic N) is 3. The topological polar surface area (TPSA) is 65.1 Å². The van der Waals surface area contributed by atoms with Gasteiger partial charge in [0.05, 0.1) is 19.3 Å². The molecule has 2 heterocycles. The largest absolute Gasteiger partial charge is 0.378 e. The summed E-state index contributed by atoms with van der Waals surface area (Å²) in [5, 5.41) is 2.81. The molecule has 2 saturated heterocycles. The van der Waals surface area contributed by atoms with Gasteiger partial charge in [-0.15, -0.1) is 6.58 Å². The highest BCUT2D eigenvalue weighted by atomic mass is 16.5. The Labute approximate surface area is 131 Å². The van der Waals surface area contributed by atoms with Gasteiger partial charge in [-0.05, 0) is 6.92 Å². The maximum atomic E-state index is 12.4. The number of amides is 3. The molecule has 1 N–H and O–H groups in total. The second-order valence-electron chi connectivity index (χ2n) is 5.61. The Morgan fingerprint density at radius 3 is 2.32 bits per heavy atom. The van der Waals surface area contributed by atoms with Crippen LogP contribution in [0.1, 0.15) is 6.92 Å². The SMILES string of the molecule is C=CCNC(=O)[C@H](C)N1CCN(C(=O)N2CCOCC2)CC1. The number of rotatable bonds is 4. The van der Waals surface area contributed by atoms with Crippen molar-refractivity contribution in [2.24, 2.45) is 0 Å². The van der Waals surface area contributed by atoms with Crippen LogP contribution in [0.25, 0.3) is 0 Å². The normalized spacial score (nSPS) is 21.3. The summed E-state index contributed by atoms with van der Waals surface area (Å²) in [5.41, 5.74) is 0. The van der Waals surface area contributed by atoms with Crippen molar-refractivity contribution in [1.29, 1.82) is 0 Å². The molecule has 22 heavy (non-hydrogen) atoms. The zero-order valence-electron chi connectivity index (χ0n) is 13.3. The fourth-order valence-corrected chi connectivity index (χ4v) is 2.74. The van der Waals surface area contributed by atoms with Gasteiger partial charge in [0.15, 0.2) is 0 Å². The van der Waals surface area contributed by atoms with Crippen molar-refractivity contribution in [2.45, 2.75) is 13.0 Å². The zero-order valence-corrected chi connectivity index (χ0v) is 13.3. The third-order valence-corrected chi connectivity index (χ3v) is 4.21. The number of hydrogen-bond donors (Lipinski definition) is 1. The molecule has 7 heteroatoms. The third-order valence-electron chi connectivity index (χ3n) is 4.21. The average Bonchev–Trinajstić information content (AvgIpc) is 2.59. The molecule has 2 fully saturated rings. The maximum absolute atomic E-state index is 12.4. The number of nitrogens with one attached hydrogen (secondary N) is 1. The summed E-state index contributed by atoms with van der Waals surface area (Å²) in [5.74, 6) is 0.00727. The summed E-state index contributed by atoms with van der Waals surface area (Å²) in [6.07, 6.45) is 1.67. The van der Waals surface area contributed by atoms with Crippen LogP contribution in [-0.2, 0) is 9.53 Å². The predicted octanol–water partition coefficient (Wildman–Crippen LogP) is -0.253. The molecule has 2 aliphatic heterocycles. The van der Waals surface area contributed by atoms with Gasteiger partial charge in [-0.1, -0.05) is 6.08 Å². The van der Waals surface area contributed by atoms with Crippen molar-refractivity contribution in [1.82, 2.24) is 20.0 Å². The number of urea groups is 1. The quantitative estimate of drug-likeness (QED) is 0.727. The van der Waals surface area contributed by atoms with Crippen molar-refractivity contribution < 1.29 is 14.3 Å². The van der Waals surface area contributed by atoms with E-state index in [1.165, 1.54) is 0 Å². The summed E-state index contributed by atoms with van der Waals surface area (Å²) >= 11 is 0. The maximum Gasteiger partial charge on any atom is 0.320 e. The minimum atomic E-state index is -0.180. The Bertz CT molecular complexity index is 402. The Morgan fingerprint density at radius 2 is 1.73 bits per heavy atom. The van der Waals surface area contributed by atoms with Gasteiger partial charge in [0.2, 0.25) is 5.91 Å². The molecular formula is C15H26N4O3. The Balaban J connectivity index is 1.78. The van der Waals surface area contributed by atoms with E-state index < -0.39 is 0 Å². The summed E-state index contributed by atoms with van der Waals surface area (Å²) in [6, 6.07) is -0.0905. The van der Waals surface area contributed by atoms with Crippen molar-refractivity contribution in [2.75, 3.05) is 59.0 Å². The molecule has 7 nitrogen and oxygen atoms in total. The average molecular weight is 310 g/mol. The molecule has 2 aliphatic rings. The van der Waals surface area contributed by atoms with Gasteiger partial charge in [-0.2, -0.15) is 0 Å². The molecule has 0 saturated carbocycles. The first-order valence-corrected chi connectivity index (χ1v) is 7.87. The molecule has 0 aliphatic carbocycles. The van der Waals surface area contributed by atoms with E-state index in [1.807, 2.05) is 16.7 Å². The van der Waals surface area contributed by atoms with Crippen LogP contribution < -0.4 is 5.32 Å². The second kappa shape index (κ2) is 8.14. The lowest BCUT2D eigenvalue weighted by Gasteiger charge is -2.40. The molecular weight excluding hydrogens is 284 g/mol. The highest BCUT2D eigenvalue weighted by molar-refractivity contribution is 5.81. The van der Waals surface area contributed by atoms with Gasteiger partial charge in [0.25, 0.3) is 0 Å². The van der Waals surface area contributed by atoms with E-state index in [2.05, 4.69) is 16.8 Å². The van der Waals surface area contributed by atoms with Crippen LogP contribution in [0, 0.1) is 0 Å². The van der Waals surface area contributed by atoms with E-state index in [-0.39, 0.29) is 18.0 Å². The highest BCUT2D eigenvalue weighted by Gasteiger charge is 2.29. The Kier molecular flexibility index (Phi) is 6.21. The molecule has 124 valence electrons. The molecule has 0 spiro atoms. The van der Waals surface area contributed by atoms with Crippen LogP contribution in [0.2, 0.25) is 0 Å². The van der Waals surface area contributed by atoms with Gasteiger partial charge in [0, 0.05) is 45.8 Å². The summed E-state index contributed by atoms with van der Waals surface area (Å²) in [6.45, 7) is 11.3. The lowest BCUT2D eigenvalue weighted by Crippen LogP contribution is -2.58. The third kappa shape index (κ3) is 4.20. The number of morpholine rings is 1. The van der Waals surface area contributed by atoms with Gasteiger partial charge in [-0.3, -0.25) is 9.69 Å². The van der Waals surface area contributed by atoms with E-state index in [9.17, 15) is 9.59 Å². The lowest BCUT2D eigenvalue weighted by molar-refractivity contribution is -0.126. The minimum absolute atomic E-state index is 0.00727. The van der Waals surface area contributed by atoms with E-state index in [1.54, 1.807) is 6.08 Å². The first-order valence-electron chi connectivity index (χ1n) is 7.87. The number of hydrogen-bond acceptors (Lipinski definition) is 4. The predicted molar refractivity (Wildman–Crippen MR) is 83.6 cm³/mol. The molecule has 3 amide bonds. The summed E-state index contributed by atoms with van der Waals surface area (Å²) < 4.78 is 5.27. The monoisotopic (exact) mass is 310 g/mol. The number of piperazine rings is 1. The van der Waals surface area contributed by atoms with E-state index in [0.29, 0.717) is 45.9 Å². The van der Waals surface area contributed by atoms with Gasteiger partial charge < -0.3 is 19.9 Å². The van der Waals surface area contributed by atoms with Crippen LogP contribution in [0.4, 0.5) is 4.79 Å². The molecule has 0 aromatic carbocycles. The Hall–Kier alpha value is -1.60. The molecule has 2 rings (SSSR count). The first-order chi connectivity index (χ1) is 10.6. The summed E-state index contributed by atoms with van der Waals surface area (Å²) in [7, 11) is 0. The number of carbonyl (C=O) groups is 2. The molecule has 0 aromatic rings. The first kappa shape index (κ1) is 16.8. The molecule has 0 radical (unpaired) electrons. The second-order valence-corrected chi connectivity index (χ2v) is 5.61. The zero-order chi connectivity index (χ0) is 15.9. The van der Waals surface area contributed by atoms with E-state index in [4.69, 9.17) is 4.74 Å². The van der Waals surface area contributed by atoms with Crippen molar-refractivity contribution in [3.63, 3.8) is 0 Å². The molecule has 1 atom stereocenters. The fraction of sp³-hybridized carbons (Fsp3) is 0.733. The fourth-order valence-electron chi connectivity index (χ4n) is 2.74. The van der Waals surface area contributed by atoms with Crippen LogP contribution in [0.3, 0.4) is 0 Å². The highest BCUT2D eigenvalue weighted by Crippen LogP contribution is 2.10. The number of ether oxygens (including phenoxy) is 1.